The molecule has 2 rings (SSSR count). The Balaban J connectivity index is 2.43. The van der Waals surface area contributed by atoms with Gasteiger partial charge in [0.1, 0.15) is 5.82 Å². The van der Waals surface area contributed by atoms with Crippen molar-refractivity contribution >= 4 is 11.8 Å². The molecule has 15 heavy (non-hydrogen) atoms. The number of ether oxygens (including phenoxy) is 1. The van der Waals surface area contributed by atoms with Crippen molar-refractivity contribution in [3.8, 4) is 0 Å². The molecule has 0 radical (unpaired) electrons. The van der Waals surface area contributed by atoms with Crippen molar-refractivity contribution in [3.63, 3.8) is 0 Å². The molecule has 0 bridgehead atoms. The second-order valence-corrected chi connectivity index (χ2v) is 3.89. The number of carbonyl (C=O) groups is 1. The van der Waals surface area contributed by atoms with Crippen molar-refractivity contribution in [2.45, 2.75) is 25.2 Å². The van der Waals surface area contributed by atoms with E-state index in [4.69, 9.17) is 10.5 Å². The number of carbonyl (C=O) groups excluding carboxylic acids is 1. The molecule has 1 saturated carbocycles. The van der Waals surface area contributed by atoms with Gasteiger partial charge in [0.15, 0.2) is 5.69 Å². The average molecular weight is 209 g/mol. The fourth-order valence-electron chi connectivity index (χ4n) is 1.90. The third kappa shape index (κ3) is 1.48. The van der Waals surface area contributed by atoms with Crippen LogP contribution in [0.3, 0.4) is 0 Å². The quantitative estimate of drug-likeness (QED) is 0.739. The maximum Gasteiger partial charge on any atom is 0.358 e. The van der Waals surface area contributed by atoms with Gasteiger partial charge in [-0.3, -0.25) is 4.68 Å². The van der Waals surface area contributed by atoms with Crippen LogP contribution >= 0.6 is 0 Å². The maximum absolute atomic E-state index is 11.5. The summed E-state index contributed by atoms with van der Waals surface area (Å²) in [4.78, 5) is 11.5. The summed E-state index contributed by atoms with van der Waals surface area (Å²) in [6, 6.07) is 0. The van der Waals surface area contributed by atoms with Gasteiger partial charge in [0.25, 0.3) is 0 Å². The van der Waals surface area contributed by atoms with Gasteiger partial charge in [0, 0.05) is 12.6 Å². The van der Waals surface area contributed by atoms with Gasteiger partial charge in [0.2, 0.25) is 0 Å². The highest BCUT2D eigenvalue weighted by Crippen LogP contribution is 2.40. The lowest BCUT2D eigenvalue weighted by atomic mass is 9.79. The first-order chi connectivity index (χ1) is 7.15. The van der Waals surface area contributed by atoms with E-state index in [0.717, 1.165) is 18.4 Å². The topological polar surface area (TPSA) is 70.1 Å². The first-order valence-corrected chi connectivity index (χ1v) is 5.05. The monoisotopic (exact) mass is 209 g/mol. The Morgan fingerprint density at radius 2 is 2.27 bits per heavy atom. The molecule has 0 unspecified atom stereocenters. The molecule has 0 spiro atoms. The zero-order valence-electron chi connectivity index (χ0n) is 8.99. The molecule has 5 heteroatoms. The number of esters is 1. The molecule has 1 heterocycles. The van der Waals surface area contributed by atoms with Crippen LogP contribution in [-0.2, 0) is 11.8 Å². The van der Waals surface area contributed by atoms with Crippen LogP contribution in [0.4, 0.5) is 5.82 Å². The molecule has 0 atom stereocenters. The summed E-state index contributed by atoms with van der Waals surface area (Å²) < 4.78 is 6.24. The van der Waals surface area contributed by atoms with Gasteiger partial charge in [-0.25, -0.2) is 4.79 Å². The minimum Gasteiger partial charge on any atom is -0.464 e. The molecule has 1 aromatic heterocycles. The van der Waals surface area contributed by atoms with E-state index in [2.05, 4.69) is 5.10 Å². The molecule has 1 aliphatic rings. The SMILES string of the molecule is COC(=O)c1nn(C)c(N)c1C1CCC1. The van der Waals surface area contributed by atoms with E-state index in [1.807, 2.05) is 0 Å². The van der Waals surface area contributed by atoms with Crippen LogP contribution in [0.15, 0.2) is 0 Å². The lowest BCUT2D eigenvalue weighted by Crippen LogP contribution is -2.15. The molecule has 0 aromatic carbocycles. The van der Waals surface area contributed by atoms with Crippen molar-refractivity contribution in [3.05, 3.63) is 11.3 Å². The number of hydrogen-bond acceptors (Lipinski definition) is 4. The zero-order chi connectivity index (χ0) is 11.0. The fourth-order valence-corrected chi connectivity index (χ4v) is 1.90. The average Bonchev–Trinajstić information content (AvgIpc) is 2.43. The number of hydrogen-bond donors (Lipinski definition) is 1. The Hall–Kier alpha value is -1.52. The zero-order valence-corrected chi connectivity index (χ0v) is 8.99. The smallest absolute Gasteiger partial charge is 0.358 e. The summed E-state index contributed by atoms with van der Waals surface area (Å²) in [5.41, 5.74) is 7.15. The number of aryl methyl sites for hydroxylation is 1. The minimum atomic E-state index is -0.399. The van der Waals surface area contributed by atoms with Crippen LogP contribution in [0.25, 0.3) is 0 Å². The summed E-state index contributed by atoms with van der Waals surface area (Å²) in [6.45, 7) is 0. The number of anilines is 1. The predicted molar refractivity (Wildman–Crippen MR) is 55.6 cm³/mol. The van der Waals surface area contributed by atoms with Crippen molar-refractivity contribution in [2.24, 2.45) is 7.05 Å². The normalized spacial score (nSPS) is 16.1. The molecule has 82 valence electrons. The minimum absolute atomic E-state index is 0.377. The second-order valence-electron chi connectivity index (χ2n) is 3.89. The van der Waals surface area contributed by atoms with Crippen LogP contribution in [0, 0.1) is 0 Å². The Bertz CT molecular complexity index is 394. The molecule has 0 saturated heterocycles. The standard InChI is InChI=1S/C10H15N3O2/c1-13-9(11)7(6-4-3-5-6)8(12-13)10(14)15-2/h6H,3-5,11H2,1-2H3. The van der Waals surface area contributed by atoms with Crippen molar-refractivity contribution in [1.82, 2.24) is 9.78 Å². The van der Waals surface area contributed by atoms with Crippen LogP contribution in [0.2, 0.25) is 0 Å². The van der Waals surface area contributed by atoms with Gasteiger partial charge in [-0.2, -0.15) is 5.10 Å². The summed E-state index contributed by atoms with van der Waals surface area (Å²) in [5.74, 6) is 0.567. The number of nitrogens with zero attached hydrogens (tertiary/aromatic N) is 2. The number of aromatic nitrogens is 2. The number of nitrogens with two attached hydrogens (primary N) is 1. The Labute approximate surface area is 88.2 Å². The molecule has 1 aromatic rings. The third-order valence-electron chi connectivity index (χ3n) is 3.02. The van der Waals surface area contributed by atoms with Crippen LogP contribution in [0.1, 0.15) is 41.2 Å². The first kappa shape index (κ1) is 10.0. The largest absolute Gasteiger partial charge is 0.464 e. The van der Waals surface area contributed by atoms with E-state index in [-0.39, 0.29) is 0 Å². The maximum atomic E-state index is 11.5. The summed E-state index contributed by atoms with van der Waals surface area (Å²) >= 11 is 0. The number of rotatable bonds is 2. The van der Waals surface area contributed by atoms with Gasteiger partial charge < -0.3 is 10.5 Å². The fraction of sp³-hybridized carbons (Fsp3) is 0.600. The molecular formula is C10H15N3O2. The van der Waals surface area contributed by atoms with Crippen molar-refractivity contribution in [2.75, 3.05) is 12.8 Å². The van der Waals surface area contributed by atoms with Crippen LogP contribution < -0.4 is 5.73 Å². The van der Waals surface area contributed by atoms with E-state index >= 15 is 0 Å². The molecule has 2 N–H and O–H groups in total. The van der Waals surface area contributed by atoms with E-state index in [0.29, 0.717) is 17.4 Å². The van der Waals surface area contributed by atoms with E-state index < -0.39 is 5.97 Å². The summed E-state index contributed by atoms with van der Waals surface area (Å²) in [6.07, 6.45) is 3.36. The lowest BCUT2D eigenvalue weighted by molar-refractivity contribution is 0.0590. The lowest BCUT2D eigenvalue weighted by Gasteiger charge is -2.25. The van der Waals surface area contributed by atoms with E-state index in [1.165, 1.54) is 13.5 Å². The van der Waals surface area contributed by atoms with Crippen LogP contribution in [0.5, 0.6) is 0 Å². The van der Waals surface area contributed by atoms with Crippen molar-refractivity contribution < 1.29 is 9.53 Å². The summed E-state index contributed by atoms with van der Waals surface area (Å²) in [7, 11) is 3.10. The molecule has 0 aliphatic heterocycles. The van der Waals surface area contributed by atoms with E-state index in [9.17, 15) is 4.79 Å². The van der Waals surface area contributed by atoms with Gasteiger partial charge in [-0.15, -0.1) is 0 Å². The predicted octanol–water partition coefficient (Wildman–Crippen LogP) is 1.06. The Morgan fingerprint density at radius 1 is 1.60 bits per heavy atom. The first-order valence-electron chi connectivity index (χ1n) is 5.05. The molecule has 1 fully saturated rings. The highest BCUT2D eigenvalue weighted by atomic mass is 16.5. The van der Waals surface area contributed by atoms with Crippen molar-refractivity contribution in [1.29, 1.82) is 0 Å². The Kier molecular flexibility index (Phi) is 2.38. The molecular weight excluding hydrogens is 194 g/mol. The van der Waals surface area contributed by atoms with Gasteiger partial charge in [0.05, 0.1) is 7.11 Å². The van der Waals surface area contributed by atoms with Gasteiger partial charge in [-0.1, -0.05) is 6.42 Å². The van der Waals surface area contributed by atoms with Crippen LogP contribution in [-0.4, -0.2) is 22.9 Å². The molecule has 0 amide bonds. The van der Waals surface area contributed by atoms with E-state index in [1.54, 1.807) is 11.7 Å². The van der Waals surface area contributed by atoms with Gasteiger partial charge >= 0.3 is 5.97 Å². The summed E-state index contributed by atoms with van der Waals surface area (Å²) in [5, 5.41) is 4.10. The number of nitrogen functional groups attached to an aromatic ring is 1. The van der Waals surface area contributed by atoms with Gasteiger partial charge in [-0.05, 0) is 18.8 Å². The third-order valence-corrected chi connectivity index (χ3v) is 3.02. The highest BCUT2D eigenvalue weighted by molar-refractivity contribution is 5.90. The Morgan fingerprint density at radius 3 is 2.73 bits per heavy atom. The second kappa shape index (κ2) is 3.56. The molecule has 5 nitrogen and oxygen atoms in total. The highest BCUT2D eigenvalue weighted by Gasteiger charge is 2.30. The number of methoxy groups -OCH3 is 1. The molecule has 1 aliphatic carbocycles.